The van der Waals surface area contributed by atoms with Gasteiger partial charge in [-0.2, -0.15) is 11.8 Å². The summed E-state index contributed by atoms with van der Waals surface area (Å²) in [5.41, 5.74) is 2.03. The highest BCUT2D eigenvalue weighted by Crippen LogP contribution is 2.20. The number of nitrogens with two attached hydrogens (primary N) is 1. The summed E-state index contributed by atoms with van der Waals surface area (Å²) >= 11 is 1.62. The minimum Gasteiger partial charge on any atom is -0.351 e. The molecule has 0 bridgehead atoms. The fourth-order valence-electron chi connectivity index (χ4n) is 1.18. The number of hydrazine groups is 1. The predicted molar refractivity (Wildman–Crippen MR) is 71.9 cm³/mol. The lowest BCUT2D eigenvalue weighted by molar-refractivity contribution is 0.0946. The van der Waals surface area contributed by atoms with Crippen LogP contribution in [0.5, 0.6) is 0 Å². The zero-order valence-corrected chi connectivity index (χ0v) is 11.4. The molecule has 0 aliphatic rings. The van der Waals surface area contributed by atoms with Gasteiger partial charge in [-0.1, -0.05) is 0 Å². The van der Waals surface area contributed by atoms with Crippen molar-refractivity contribution in [1.29, 1.82) is 0 Å². The maximum absolute atomic E-state index is 13.8. The molecule has 0 saturated heterocycles. The SMILES string of the molecule is CSC(C)(C)CNC(=O)c1ccnc(NN)c1F. The number of rotatable bonds is 5. The number of hydrogen-bond acceptors (Lipinski definition) is 5. The van der Waals surface area contributed by atoms with E-state index in [2.05, 4.69) is 15.7 Å². The van der Waals surface area contributed by atoms with Crippen molar-refractivity contribution in [2.75, 3.05) is 18.2 Å². The first kappa shape index (κ1) is 14.7. The van der Waals surface area contributed by atoms with Gasteiger partial charge in [0.15, 0.2) is 11.6 Å². The molecule has 1 heterocycles. The van der Waals surface area contributed by atoms with E-state index in [9.17, 15) is 9.18 Å². The van der Waals surface area contributed by atoms with Crippen LogP contribution in [-0.4, -0.2) is 28.4 Å². The summed E-state index contributed by atoms with van der Waals surface area (Å²) in [4.78, 5) is 15.5. The number of halogens is 1. The molecule has 18 heavy (non-hydrogen) atoms. The number of anilines is 1. The molecular formula is C11H17FN4OS. The highest BCUT2D eigenvalue weighted by molar-refractivity contribution is 7.99. The monoisotopic (exact) mass is 272 g/mol. The van der Waals surface area contributed by atoms with Crippen molar-refractivity contribution < 1.29 is 9.18 Å². The van der Waals surface area contributed by atoms with Gasteiger partial charge in [-0.05, 0) is 26.2 Å². The molecule has 0 spiro atoms. The number of carbonyl (C=O) groups is 1. The average Bonchev–Trinajstić information content (AvgIpc) is 2.36. The Morgan fingerprint density at radius 3 is 2.83 bits per heavy atom. The van der Waals surface area contributed by atoms with Crippen molar-refractivity contribution in [3.05, 3.63) is 23.6 Å². The van der Waals surface area contributed by atoms with Crippen LogP contribution < -0.4 is 16.6 Å². The Balaban J connectivity index is 2.79. The van der Waals surface area contributed by atoms with Crippen molar-refractivity contribution in [1.82, 2.24) is 10.3 Å². The Kier molecular flexibility index (Phi) is 4.92. The number of nitrogens with one attached hydrogen (secondary N) is 2. The number of pyridine rings is 1. The second-order valence-corrected chi connectivity index (χ2v) is 5.83. The lowest BCUT2D eigenvalue weighted by Gasteiger charge is -2.22. The number of nitrogen functional groups attached to an aromatic ring is 1. The molecule has 1 aromatic rings. The van der Waals surface area contributed by atoms with Gasteiger partial charge in [0.2, 0.25) is 0 Å². The fourth-order valence-corrected chi connectivity index (χ4v) is 1.40. The van der Waals surface area contributed by atoms with Gasteiger partial charge >= 0.3 is 0 Å². The van der Waals surface area contributed by atoms with E-state index in [0.29, 0.717) is 6.54 Å². The molecule has 0 unspecified atom stereocenters. The van der Waals surface area contributed by atoms with E-state index in [-0.39, 0.29) is 16.1 Å². The number of hydrogen-bond donors (Lipinski definition) is 3. The van der Waals surface area contributed by atoms with Crippen LogP contribution in [-0.2, 0) is 0 Å². The zero-order valence-electron chi connectivity index (χ0n) is 10.6. The van der Waals surface area contributed by atoms with E-state index in [1.54, 1.807) is 11.8 Å². The maximum atomic E-state index is 13.8. The molecule has 4 N–H and O–H groups in total. The molecule has 0 radical (unpaired) electrons. The third kappa shape index (κ3) is 3.58. The summed E-state index contributed by atoms with van der Waals surface area (Å²) in [5, 5.41) is 2.69. The molecular weight excluding hydrogens is 255 g/mol. The number of thioether (sulfide) groups is 1. The number of nitrogens with zero attached hydrogens (tertiary/aromatic N) is 1. The van der Waals surface area contributed by atoms with Crippen LogP contribution in [0.1, 0.15) is 24.2 Å². The zero-order chi connectivity index (χ0) is 13.8. The van der Waals surface area contributed by atoms with Crippen LogP contribution in [0.2, 0.25) is 0 Å². The maximum Gasteiger partial charge on any atom is 0.254 e. The van der Waals surface area contributed by atoms with Gasteiger partial charge < -0.3 is 10.7 Å². The van der Waals surface area contributed by atoms with E-state index < -0.39 is 11.7 Å². The van der Waals surface area contributed by atoms with Gasteiger partial charge in [-0.25, -0.2) is 15.2 Å². The molecule has 0 saturated carbocycles. The average molecular weight is 272 g/mol. The smallest absolute Gasteiger partial charge is 0.254 e. The molecule has 0 aliphatic heterocycles. The van der Waals surface area contributed by atoms with Crippen molar-refractivity contribution in [3.63, 3.8) is 0 Å². The lowest BCUT2D eigenvalue weighted by atomic mass is 10.2. The van der Waals surface area contributed by atoms with Gasteiger partial charge in [0.25, 0.3) is 5.91 Å². The molecule has 0 aromatic carbocycles. The molecule has 0 aliphatic carbocycles. The van der Waals surface area contributed by atoms with Crippen molar-refractivity contribution in [2.45, 2.75) is 18.6 Å². The number of aromatic nitrogens is 1. The number of carbonyl (C=O) groups excluding carboxylic acids is 1. The molecule has 7 heteroatoms. The second-order valence-electron chi connectivity index (χ2n) is 4.31. The highest BCUT2D eigenvalue weighted by atomic mass is 32.2. The van der Waals surface area contributed by atoms with Gasteiger partial charge in [0.05, 0.1) is 5.56 Å². The standard InChI is InChI=1S/C11H17FN4OS/c1-11(2,18-3)6-15-10(17)7-4-5-14-9(16-13)8(7)12/h4-5H,6,13H2,1-3H3,(H,14,16)(H,15,17). The second kappa shape index (κ2) is 6.01. The third-order valence-corrected chi connectivity index (χ3v) is 3.75. The van der Waals surface area contributed by atoms with Crippen LogP contribution in [0.25, 0.3) is 0 Å². The predicted octanol–water partition coefficient (Wildman–Crippen LogP) is 1.38. The largest absolute Gasteiger partial charge is 0.351 e. The van der Waals surface area contributed by atoms with E-state index >= 15 is 0 Å². The van der Waals surface area contributed by atoms with Crippen molar-refractivity contribution in [3.8, 4) is 0 Å². The van der Waals surface area contributed by atoms with Gasteiger partial charge in [0.1, 0.15) is 0 Å². The molecule has 1 amide bonds. The normalized spacial score (nSPS) is 11.2. The summed E-state index contributed by atoms with van der Waals surface area (Å²) in [6, 6.07) is 1.32. The van der Waals surface area contributed by atoms with Crippen LogP contribution in [0.4, 0.5) is 10.2 Å². The van der Waals surface area contributed by atoms with Crippen molar-refractivity contribution in [2.24, 2.45) is 5.84 Å². The highest BCUT2D eigenvalue weighted by Gasteiger charge is 2.20. The van der Waals surface area contributed by atoms with E-state index in [1.165, 1.54) is 12.3 Å². The van der Waals surface area contributed by atoms with E-state index in [1.807, 2.05) is 20.1 Å². The Morgan fingerprint density at radius 1 is 1.61 bits per heavy atom. The summed E-state index contributed by atoms with van der Waals surface area (Å²) < 4.78 is 13.7. The molecule has 1 aromatic heterocycles. The quantitative estimate of drug-likeness (QED) is 0.557. The third-order valence-electron chi connectivity index (χ3n) is 2.50. The Labute approximate surface area is 110 Å². The summed E-state index contributed by atoms with van der Waals surface area (Å²) in [5.74, 6) is 3.72. The topological polar surface area (TPSA) is 80.0 Å². The lowest BCUT2D eigenvalue weighted by Crippen LogP contribution is -2.36. The first-order chi connectivity index (χ1) is 8.41. The first-order valence-electron chi connectivity index (χ1n) is 5.36. The van der Waals surface area contributed by atoms with Gasteiger partial charge in [-0.15, -0.1) is 0 Å². The minimum absolute atomic E-state index is 0.0742. The Hall–Kier alpha value is -1.34. The molecule has 0 atom stereocenters. The Bertz CT molecular complexity index is 439. The van der Waals surface area contributed by atoms with Crippen LogP contribution >= 0.6 is 11.8 Å². The fraction of sp³-hybridized carbons (Fsp3) is 0.455. The molecule has 1 rings (SSSR count). The summed E-state index contributed by atoms with van der Waals surface area (Å²) in [7, 11) is 0. The first-order valence-corrected chi connectivity index (χ1v) is 6.58. The molecule has 100 valence electrons. The number of amides is 1. The minimum atomic E-state index is -0.751. The van der Waals surface area contributed by atoms with Crippen LogP contribution in [0.3, 0.4) is 0 Å². The van der Waals surface area contributed by atoms with Crippen molar-refractivity contribution >= 4 is 23.5 Å². The summed E-state index contributed by atoms with van der Waals surface area (Å²) in [6.07, 6.45) is 3.28. The summed E-state index contributed by atoms with van der Waals surface area (Å²) in [6.45, 7) is 4.43. The van der Waals surface area contributed by atoms with Crippen LogP contribution in [0, 0.1) is 5.82 Å². The Morgan fingerprint density at radius 2 is 2.28 bits per heavy atom. The van der Waals surface area contributed by atoms with Gasteiger partial charge in [0, 0.05) is 17.5 Å². The van der Waals surface area contributed by atoms with E-state index in [0.717, 1.165) is 0 Å². The molecule has 5 nitrogen and oxygen atoms in total. The molecule has 0 fully saturated rings. The van der Waals surface area contributed by atoms with Crippen LogP contribution in [0.15, 0.2) is 12.3 Å². The van der Waals surface area contributed by atoms with E-state index in [4.69, 9.17) is 5.84 Å². The van der Waals surface area contributed by atoms with Gasteiger partial charge in [-0.3, -0.25) is 4.79 Å².